The number of fused-ring (bicyclic) bond motifs is 2. The molecular weight excluding hydrogens is 238 g/mol. The molecule has 0 aliphatic carbocycles. The standard InChI is InChI=1S/C13H17NO2.ClH/c1-15-11-2-3-12-10(8-11)9-16-13(12)4-6-14-7-5-13;/h2-3,8,14H,4-7,9H2,1H3;1H. The van der Waals surface area contributed by atoms with Crippen LogP contribution >= 0.6 is 12.4 Å². The van der Waals surface area contributed by atoms with E-state index in [-0.39, 0.29) is 18.0 Å². The average Bonchev–Trinajstić information content (AvgIpc) is 2.69. The largest absolute Gasteiger partial charge is 0.497 e. The topological polar surface area (TPSA) is 30.5 Å². The van der Waals surface area contributed by atoms with E-state index in [0.29, 0.717) is 0 Å². The van der Waals surface area contributed by atoms with Gasteiger partial charge in [0.05, 0.1) is 19.3 Å². The van der Waals surface area contributed by atoms with Crippen molar-refractivity contribution in [1.29, 1.82) is 0 Å². The lowest BCUT2D eigenvalue weighted by molar-refractivity contribution is -0.0590. The van der Waals surface area contributed by atoms with Crippen molar-refractivity contribution in [1.82, 2.24) is 5.32 Å². The van der Waals surface area contributed by atoms with Gasteiger partial charge in [0.15, 0.2) is 0 Å². The van der Waals surface area contributed by atoms with E-state index >= 15 is 0 Å². The van der Waals surface area contributed by atoms with E-state index in [0.717, 1.165) is 38.3 Å². The van der Waals surface area contributed by atoms with Gasteiger partial charge in [-0.15, -0.1) is 12.4 Å². The number of hydrogen-bond acceptors (Lipinski definition) is 3. The van der Waals surface area contributed by atoms with E-state index in [9.17, 15) is 0 Å². The molecule has 0 atom stereocenters. The molecule has 0 amide bonds. The molecule has 0 radical (unpaired) electrons. The zero-order valence-corrected chi connectivity index (χ0v) is 10.8. The second-order valence-corrected chi connectivity index (χ2v) is 4.56. The molecule has 4 heteroatoms. The summed E-state index contributed by atoms with van der Waals surface area (Å²) in [5, 5.41) is 3.38. The normalized spacial score (nSPS) is 20.8. The second-order valence-electron chi connectivity index (χ2n) is 4.56. The van der Waals surface area contributed by atoms with Crippen LogP contribution in [-0.4, -0.2) is 20.2 Å². The van der Waals surface area contributed by atoms with E-state index in [1.807, 2.05) is 6.07 Å². The minimum atomic E-state index is -0.0210. The Bertz CT molecular complexity index is 402. The summed E-state index contributed by atoms with van der Waals surface area (Å²) in [4.78, 5) is 0. The van der Waals surface area contributed by atoms with Crippen LogP contribution in [0, 0.1) is 0 Å². The molecule has 0 aromatic heterocycles. The fourth-order valence-electron chi connectivity index (χ4n) is 2.80. The van der Waals surface area contributed by atoms with Gasteiger partial charge >= 0.3 is 0 Å². The van der Waals surface area contributed by atoms with Crippen molar-refractivity contribution < 1.29 is 9.47 Å². The Balaban J connectivity index is 0.00000108. The highest BCUT2D eigenvalue weighted by Gasteiger charge is 2.40. The first kappa shape index (κ1) is 12.7. The van der Waals surface area contributed by atoms with Crippen LogP contribution in [0.3, 0.4) is 0 Å². The van der Waals surface area contributed by atoms with Crippen LogP contribution in [-0.2, 0) is 16.9 Å². The third-order valence-corrected chi connectivity index (χ3v) is 3.72. The fourth-order valence-corrected chi connectivity index (χ4v) is 2.80. The Morgan fingerprint density at radius 1 is 1.29 bits per heavy atom. The van der Waals surface area contributed by atoms with Gasteiger partial charge in [0.25, 0.3) is 0 Å². The summed E-state index contributed by atoms with van der Waals surface area (Å²) >= 11 is 0. The molecule has 1 saturated heterocycles. The summed E-state index contributed by atoms with van der Waals surface area (Å²) in [6, 6.07) is 6.32. The van der Waals surface area contributed by atoms with Gasteiger partial charge in [0.2, 0.25) is 0 Å². The van der Waals surface area contributed by atoms with Crippen LogP contribution in [0.25, 0.3) is 0 Å². The molecule has 17 heavy (non-hydrogen) atoms. The van der Waals surface area contributed by atoms with Crippen molar-refractivity contribution >= 4 is 12.4 Å². The van der Waals surface area contributed by atoms with Gasteiger partial charge in [0.1, 0.15) is 5.75 Å². The molecule has 0 unspecified atom stereocenters. The first-order valence-corrected chi connectivity index (χ1v) is 5.86. The molecule has 1 spiro atoms. The number of piperidine rings is 1. The van der Waals surface area contributed by atoms with Gasteiger partial charge in [-0.1, -0.05) is 6.07 Å². The number of halogens is 1. The van der Waals surface area contributed by atoms with Crippen molar-refractivity contribution in [2.75, 3.05) is 20.2 Å². The molecule has 1 fully saturated rings. The van der Waals surface area contributed by atoms with E-state index in [1.165, 1.54) is 11.1 Å². The highest BCUT2D eigenvalue weighted by Crippen LogP contribution is 2.43. The maximum Gasteiger partial charge on any atom is 0.119 e. The second kappa shape index (κ2) is 4.84. The number of hydrogen-bond donors (Lipinski definition) is 1. The average molecular weight is 256 g/mol. The number of benzene rings is 1. The summed E-state index contributed by atoms with van der Waals surface area (Å²) in [6.07, 6.45) is 2.15. The Hall–Kier alpha value is -0.770. The lowest BCUT2D eigenvalue weighted by Crippen LogP contribution is -2.39. The Labute approximate surface area is 108 Å². The zero-order chi connectivity index (χ0) is 11.0. The van der Waals surface area contributed by atoms with Crippen molar-refractivity contribution in [3.63, 3.8) is 0 Å². The maximum absolute atomic E-state index is 6.06. The monoisotopic (exact) mass is 255 g/mol. The quantitative estimate of drug-likeness (QED) is 0.835. The van der Waals surface area contributed by atoms with Crippen LogP contribution in [0.2, 0.25) is 0 Å². The molecule has 0 bridgehead atoms. The van der Waals surface area contributed by atoms with Crippen LogP contribution < -0.4 is 10.1 Å². The predicted molar refractivity (Wildman–Crippen MR) is 68.8 cm³/mol. The highest BCUT2D eigenvalue weighted by molar-refractivity contribution is 5.85. The fraction of sp³-hybridized carbons (Fsp3) is 0.538. The smallest absolute Gasteiger partial charge is 0.119 e. The van der Waals surface area contributed by atoms with Gasteiger partial charge in [-0.25, -0.2) is 0 Å². The number of methoxy groups -OCH3 is 1. The zero-order valence-electron chi connectivity index (χ0n) is 9.99. The molecule has 0 saturated carbocycles. The third-order valence-electron chi connectivity index (χ3n) is 3.72. The van der Waals surface area contributed by atoms with Crippen molar-refractivity contribution in [2.24, 2.45) is 0 Å². The Morgan fingerprint density at radius 3 is 2.76 bits per heavy atom. The maximum atomic E-state index is 6.06. The lowest BCUT2D eigenvalue weighted by Gasteiger charge is -2.34. The van der Waals surface area contributed by atoms with Crippen molar-refractivity contribution in [3.8, 4) is 5.75 Å². The molecule has 2 aliphatic rings. The molecule has 1 aromatic rings. The highest BCUT2D eigenvalue weighted by atomic mass is 35.5. The first-order valence-electron chi connectivity index (χ1n) is 5.86. The molecule has 1 aromatic carbocycles. The molecule has 2 aliphatic heterocycles. The van der Waals surface area contributed by atoms with Crippen LogP contribution in [0.1, 0.15) is 24.0 Å². The van der Waals surface area contributed by atoms with Gasteiger partial charge in [-0.3, -0.25) is 0 Å². The van der Waals surface area contributed by atoms with Crippen LogP contribution in [0.4, 0.5) is 0 Å². The van der Waals surface area contributed by atoms with Crippen LogP contribution in [0.5, 0.6) is 5.75 Å². The summed E-state index contributed by atoms with van der Waals surface area (Å²) in [5.74, 6) is 0.924. The van der Waals surface area contributed by atoms with E-state index in [1.54, 1.807) is 7.11 Å². The Kier molecular flexibility index (Phi) is 3.61. The SMILES string of the molecule is COc1ccc2c(c1)COC21CCNCC1.Cl. The summed E-state index contributed by atoms with van der Waals surface area (Å²) in [5.41, 5.74) is 2.64. The van der Waals surface area contributed by atoms with Gasteiger partial charge < -0.3 is 14.8 Å². The van der Waals surface area contributed by atoms with Gasteiger partial charge in [0, 0.05) is 0 Å². The molecule has 2 heterocycles. The molecule has 3 nitrogen and oxygen atoms in total. The first-order chi connectivity index (χ1) is 7.84. The number of nitrogens with one attached hydrogen (secondary N) is 1. The molecular formula is C13H18ClNO2. The van der Waals surface area contributed by atoms with Crippen molar-refractivity contribution in [2.45, 2.75) is 25.0 Å². The minimum Gasteiger partial charge on any atom is -0.497 e. The number of rotatable bonds is 1. The lowest BCUT2D eigenvalue weighted by atomic mass is 9.84. The summed E-state index contributed by atoms with van der Waals surface area (Å²) < 4.78 is 11.3. The summed E-state index contributed by atoms with van der Waals surface area (Å²) in [6.45, 7) is 2.82. The van der Waals surface area contributed by atoms with E-state index in [4.69, 9.17) is 9.47 Å². The van der Waals surface area contributed by atoms with Gasteiger partial charge in [-0.2, -0.15) is 0 Å². The van der Waals surface area contributed by atoms with Crippen LogP contribution in [0.15, 0.2) is 18.2 Å². The van der Waals surface area contributed by atoms with E-state index in [2.05, 4.69) is 17.4 Å². The number of ether oxygens (including phenoxy) is 2. The minimum absolute atomic E-state index is 0. The van der Waals surface area contributed by atoms with E-state index < -0.39 is 0 Å². The van der Waals surface area contributed by atoms with Gasteiger partial charge in [-0.05, 0) is 49.2 Å². The van der Waals surface area contributed by atoms with Crippen molar-refractivity contribution in [3.05, 3.63) is 29.3 Å². The third kappa shape index (κ3) is 2.03. The predicted octanol–water partition coefficient (Wildman–Crippen LogP) is 2.23. The molecule has 1 N–H and O–H groups in total. The summed E-state index contributed by atoms with van der Waals surface area (Å²) in [7, 11) is 1.71. The Morgan fingerprint density at radius 2 is 2.06 bits per heavy atom. The molecule has 94 valence electrons. The molecule has 3 rings (SSSR count).